The highest BCUT2D eigenvalue weighted by molar-refractivity contribution is 7.94. The quantitative estimate of drug-likeness (QED) is 0.229. The van der Waals surface area contributed by atoms with E-state index in [1.807, 2.05) is 13.8 Å². The van der Waals surface area contributed by atoms with Gasteiger partial charge in [0.05, 0.1) is 27.9 Å². The Morgan fingerprint density at radius 3 is 2.52 bits per heavy atom. The van der Waals surface area contributed by atoms with Gasteiger partial charge in [-0.1, -0.05) is 13.8 Å². The molecule has 12 heteroatoms. The maximum atomic E-state index is 13.0. The number of sulfonamides is 1. The first-order chi connectivity index (χ1) is 14.2. The third-order valence-electron chi connectivity index (χ3n) is 4.30. The van der Waals surface area contributed by atoms with E-state index in [0.717, 1.165) is 16.7 Å². The van der Waals surface area contributed by atoms with Crippen molar-refractivity contribution in [3.63, 3.8) is 0 Å². The molecule has 0 atom stereocenters. The van der Waals surface area contributed by atoms with Gasteiger partial charge in [-0.15, -0.1) is 0 Å². The van der Waals surface area contributed by atoms with E-state index in [9.17, 15) is 26.7 Å². The second-order valence-electron chi connectivity index (χ2n) is 7.50. The number of fused-ring (bicyclic) bond motifs is 1. The van der Waals surface area contributed by atoms with Gasteiger partial charge in [0.2, 0.25) is 19.9 Å². The summed E-state index contributed by atoms with van der Waals surface area (Å²) in [5.74, 6) is -0.812. The van der Waals surface area contributed by atoms with Crippen LogP contribution in [0.5, 0.6) is 0 Å². The summed E-state index contributed by atoms with van der Waals surface area (Å²) in [5.41, 5.74) is -0.184. The zero-order chi connectivity index (χ0) is 23.6. The van der Waals surface area contributed by atoms with Crippen LogP contribution < -0.4 is 10.0 Å². The van der Waals surface area contributed by atoms with Crippen LogP contribution in [0.3, 0.4) is 0 Å². The average molecular weight is 471 g/mol. The van der Waals surface area contributed by atoms with Crippen LogP contribution in [0.4, 0.5) is 11.4 Å². The van der Waals surface area contributed by atoms with Crippen LogP contribution >= 0.6 is 0 Å². The van der Waals surface area contributed by atoms with Gasteiger partial charge in [-0.25, -0.2) is 21.8 Å². The first-order valence-corrected chi connectivity index (χ1v) is 12.7. The molecule has 0 saturated carbocycles. The van der Waals surface area contributed by atoms with Crippen molar-refractivity contribution >= 4 is 43.9 Å². The Balaban J connectivity index is 2.46. The van der Waals surface area contributed by atoms with Crippen LogP contribution in [0.25, 0.3) is 0 Å². The summed E-state index contributed by atoms with van der Waals surface area (Å²) in [6, 6.07) is 3.91. The van der Waals surface area contributed by atoms with Crippen molar-refractivity contribution in [1.82, 2.24) is 5.01 Å². The lowest BCUT2D eigenvalue weighted by Gasteiger charge is -2.24. The van der Waals surface area contributed by atoms with E-state index in [-0.39, 0.29) is 40.0 Å². The standard InChI is InChI=1S/C19H26N4O6S2/c1-12(2)8-9-23(20-4)19(25)18(13(3)24)16-11-31(28,29)17-10-14(22-30(5,26)27)6-7-15(17)21-16/h6-7,10-12,21-22,24H,4,8-9H2,1-3,5H3/b18-13+. The number of sulfone groups is 1. The van der Waals surface area contributed by atoms with Crippen molar-refractivity contribution in [3.8, 4) is 0 Å². The third kappa shape index (κ3) is 6.07. The van der Waals surface area contributed by atoms with Gasteiger partial charge >= 0.3 is 0 Å². The molecule has 0 radical (unpaired) electrons. The highest BCUT2D eigenvalue weighted by atomic mass is 32.2. The van der Waals surface area contributed by atoms with E-state index in [1.165, 1.54) is 25.1 Å². The minimum Gasteiger partial charge on any atom is -0.512 e. The molecule has 0 unspecified atom stereocenters. The number of rotatable bonds is 8. The maximum Gasteiger partial charge on any atom is 0.279 e. The fourth-order valence-corrected chi connectivity index (χ4v) is 4.75. The normalized spacial score (nSPS) is 15.8. The van der Waals surface area contributed by atoms with Crippen LogP contribution in [0.15, 0.2) is 50.6 Å². The number of carbonyl (C=O) groups is 1. The molecule has 3 N–H and O–H groups in total. The Kier molecular flexibility index (Phi) is 7.17. The van der Waals surface area contributed by atoms with Crippen molar-refractivity contribution in [2.24, 2.45) is 11.0 Å². The molecule has 31 heavy (non-hydrogen) atoms. The fourth-order valence-electron chi connectivity index (χ4n) is 2.86. The molecule has 1 aromatic carbocycles. The minimum absolute atomic E-state index is 0.0735. The molecule has 170 valence electrons. The number of benzene rings is 1. The number of nitrogens with zero attached hydrogens (tertiary/aromatic N) is 2. The molecular formula is C19H26N4O6S2. The molecule has 0 bridgehead atoms. The summed E-state index contributed by atoms with van der Waals surface area (Å²) >= 11 is 0. The topological polar surface area (TPSA) is 145 Å². The molecule has 10 nitrogen and oxygen atoms in total. The maximum absolute atomic E-state index is 13.0. The molecule has 1 aromatic rings. The SMILES string of the molecule is C=NN(CCC(C)C)C(=O)/C(C1=CS(=O)(=O)c2cc(NS(C)(=O)=O)ccc2N1)=C(\C)O. The van der Waals surface area contributed by atoms with Gasteiger partial charge in [-0.05, 0) is 37.5 Å². The lowest BCUT2D eigenvalue weighted by Crippen LogP contribution is -2.32. The summed E-state index contributed by atoms with van der Waals surface area (Å²) in [6.45, 7) is 8.84. The lowest BCUT2D eigenvalue weighted by atomic mass is 10.1. The summed E-state index contributed by atoms with van der Waals surface area (Å²) in [7, 11) is -7.66. The zero-order valence-electron chi connectivity index (χ0n) is 17.7. The molecule has 1 heterocycles. The number of hydrogen-bond donors (Lipinski definition) is 3. The number of aliphatic hydroxyl groups is 1. The van der Waals surface area contributed by atoms with Gasteiger partial charge in [0.1, 0.15) is 11.3 Å². The minimum atomic E-state index is -4.06. The van der Waals surface area contributed by atoms with Crippen molar-refractivity contribution in [2.45, 2.75) is 32.1 Å². The largest absolute Gasteiger partial charge is 0.512 e. The lowest BCUT2D eigenvalue weighted by molar-refractivity contribution is -0.127. The number of allylic oxidation sites excluding steroid dienone is 1. The number of amides is 1. The molecular weight excluding hydrogens is 444 g/mol. The highest BCUT2D eigenvalue weighted by Gasteiger charge is 2.31. The third-order valence-corrected chi connectivity index (χ3v) is 6.41. The molecule has 1 aliphatic heterocycles. The summed E-state index contributed by atoms with van der Waals surface area (Å²) in [6.07, 6.45) is 1.58. The molecule has 1 amide bonds. The predicted octanol–water partition coefficient (Wildman–Crippen LogP) is 2.42. The number of aliphatic hydroxyl groups excluding tert-OH is 1. The number of hydrazone groups is 1. The van der Waals surface area contributed by atoms with Crippen molar-refractivity contribution in [2.75, 3.05) is 22.8 Å². The van der Waals surface area contributed by atoms with Crippen molar-refractivity contribution in [3.05, 3.63) is 40.6 Å². The van der Waals surface area contributed by atoms with E-state index >= 15 is 0 Å². The average Bonchev–Trinajstić information content (AvgIpc) is 2.60. The highest BCUT2D eigenvalue weighted by Crippen LogP contribution is 2.35. The van der Waals surface area contributed by atoms with Gasteiger partial charge in [0.15, 0.2) is 0 Å². The van der Waals surface area contributed by atoms with E-state index in [1.54, 1.807) is 0 Å². The Morgan fingerprint density at radius 1 is 1.35 bits per heavy atom. The molecule has 2 rings (SSSR count). The van der Waals surface area contributed by atoms with E-state index < -0.39 is 31.5 Å². The van der Waals surface area contributed by atoms with Crippen LogP contribution in [0, 0.1) is 5.92 Å². The Bertz CT molecular complexity index is 1160. The van der Waals surface area contributed by atoms with E-state index in [2.05, 4.69) is 21.9 Å². The van der Waals surface area contributed by atoms with Gasteiger partial charge in [-0.3, -0.25) is 9.52 Å². The monoisotopic (exact) mass is 470 g/mol. The van der Waals surface area contributed by atoms with Crippen LogP contribution in [0.2, 0.25) is 0 Å². The summed E-state index contributed by atoms with van der Waals surface area (Å²) in [5, 5.41) is 18.6. The fraction of sp³-hybridized carbons (Fsp3) is 0.368. The molecule has 0 aliphatic carbocycles. The van der Waals surface area contributed by atoms with Crippen LogP contribution in [-0.4, -0.2) is 52.4 Å². The van der Waals surface area contributed by atoms with Crippen LogP contribution in [0.1, 0.15) is 27.2 Å². The van der Waals surface area contributed by atoms with Gasteiger partial charge < -0.3 is 10.4 Å². The zero-order valence-corrected chi connectivity index (χ0v) is 19.3. The van der Waals surface area contributed by atoms with Gasteiger partial charge in [0.25, 0.3) is 5.91 Å². The molecule has 0 saturated heterocycles. The second-order valence-corrected chi connectivity index (χ2v) is 11.0. The summed E-state index contributed by atoms with van der Waals surface area (Å²) < 4.78 is 50.8. The first kappa shape index (κ1) is 24.4. The van der Waals surface area contributed by atoms with Gasteiger partial charge in [-0.2, -0.15) is 5.10 Å². The second kappa shape index (κ2) is 9.10. The number of nitrogens with one attached hydrogen (secondary N) is 2. The first-order valence-electron chi connectivity index (χ1n) is 9.29. The Hall–Kier alpha value is -2.86. The van der Waals surface area contributed by atoms with E-state index in [0.29, 0.717) is 6.42 Å². The predicted molar refractivity (Wildman–Crippen MR) is 120 cm³/mol. The smallest absolute Gasteiger partial charge is 0.279 e. The van der Waals surface area contributed by atoms with Crippen LogP contribution in [-0.2, 0) is 24.7 Å². The number of carbonyl (C=O) groups excluding carboxylic acids is 1. The van der Waals surface area contributed by atoms with Crippen molar-refractivity contribution in [1.29, 1.82) is 0 Å². The Labute approximate surface area is 182 Å². The van der Waals surface area contributed by atoms with Gasteiger partial charge in [0, 0.05) is 18.9 Å². The molecule has 0 aromatic heterocycles. The number of anilines is 2. The summed E-state index contributed by atoms with van der Waals surface area (Å²) in [4.78, 5) is 12.8. The van der Waals surface area contributed by atoms with Crippen molar-refractivity contribution < 1.29 is 26.7 Å². The Morgan fingerprint density at radius 2 is 2.00 bits per heavy atom. The molecule has 1 aliphatic rings. The van der Waals surface area contributed by atoms with E-state index in [4.69, 9.17) is 0 Å². The molecule has 0 spiro atoms. The number of hydrogen-bond acceptors (Lipinski definition) is 8. The molecule has 0 fully saturated rings.